The highest BCUT2D eigenvalue weighted by molar-refractivity contribution is 9.10. The van der Waals surface area contributed by atoms with Gasteiger partial charge >= 0.3 is 0 Å². The van der Waals surface area contributed by atoms with Crippen LogP contribution in [0.3, 0.4) is 0 Å². The molecule has 1 amide bonds. The zero-order chi connectivity index (χ0) is 19.3. The van der Waals surface area contributed by atoms with E-state index in [2.05, 4.69) is 21.2 Å². The van der Waals surface area contributed by atoms with Crippen LogP contribution in [0.5, 0.6) is 5.75 Å². The number of amides is 1. The van der Waals surface area contributed by atoms with Crippen LogP contribution in [0.2, 0.25) is 0 Å². The lowest BCUT2D eigenvalue weighted by Gasteiger charge is -2.19. The molecule has 0 fully saturated rings. The largest absolute Gasteiger partial charge is 0.506 e. The van der Waals surface area contributed by atoms with Crippen molar-refractivity contribution in [2.24, 2.45) is 0 Å². The van der Waals surface area contributed by atoms with Crippen molar-refractivity contribution in [2.45, 2.75) is 25.2 Å². The molecule has 0 unspecified atom stereocenters. The Balaban J connectivity index is 2.21. The fourth-order valence-corrected chi connectivity index (χ4v) is 4.22. The van der Waals surface area contributed by atoms with Gasteiger partial charge in [-0.2, -0.15) is 4.31 Å². The summed E-state index contributed by atoms with van der Waals surface area (Å²) in [5.41, 5.74) is 0.873. The fraction of sp³-hybridized carbons (Fsp3) is 0.278. The molecule has 0 saturated carbocycles. The van der Waals surface area contributed by atoms with E-state index in [-0.39, 0.29) is 28.7 Å². The molecule has 2 N–H and O–H groups in total. The summed E-state index contributed by atoms with van der Waals surface area (Å²) in [4.78, 5) is 12.3. The average Bonchev–Trinajstić information content (AvgIpc) is 2.59. The summed E-state index contributed by atoms with van der Waals surface area (Å²) in [5, 5.41) is 12.6. The number of carbonyl (C=O) groups is 1. The van der Waals surface area contributed by atoms with Crippen LogP contribution in [-0.2, 0) is 21.2 Å². The van der Waals surface area contributed by atoms with Crippen molar-refractivity contribution in [3.05, 3.63) is 52.5 Å². The highest BCUT2D eigenvalue weighted by Gasteiger charge is 2.23. The maximum absolute atomic E-state index is 12.6. The molecule has 0 aliphatic carbocycles. The first-order valence-corrected chi connectivity index (χ1v) is 10.4. The Morgan fingerprint density at radius 3 is 2.31 bits per heavy atom. The van der Waals surface area contributed by atoms with Gasteiger partial charge in [-0.1, -0.05) is 41.9 Å². The molecule has 0 atom stereocenters. The van der Waals surface area contributed by atoms with E-state index in [9.17, 15) is 18.3 Å². The number of nitrogens with zero attached hydrogens (tertiary/aromatic N) is 1. The number of sulfonamides is 1. The average molecular weight is 441 g/mol. The molecule has 0 spiro atoms. The maximum Gasteiger partial charge on any atom is 0.243 e. The number of hydrogen-bond acceptors (Lipinski definition) is 4. The van der Waals surface area contributed by atoms with E-state index in [1.54, 1.807) is 13.8 Å². The maximum atomic E-state index is 12.6. The van der Waals surface area contributed by atoms with Gasteiger partial charge in [0.1, 0.15) is 5.75 Å². The molecule has 0 bridgehead atoms. The van der Waals surface area contributed by atoms with Gasteiger partial charge in [0, 0.05) is 17.6 Å². The van der Waals surface area contributed by atoms with Gasteiger partial charge in [-0.25, -0.2) is 8.42 Å². The molecular weight excluding hydrogens is 420 g/mol. The van der Waals surface area contributed by atoms with Gasteiger partial charge < -0.3 is 10.4 Å². The zero-order valence-electron chi connectivity index (χ0n) is 14.6. The van der Waals surface area contributed by atoms with E-state index >= 15 is 0 Å². The van der Waals surface area contributed by atoms with Crippen molar-refractivity contribution >= 4 is 37.5 Å². The van der Waals surface area contributed by atoms with Crippen molar-refractivity contribution in [2.75, 3.05) is 18.4 Å². The Bertz CT molecular complexity index is 879. The number of halogens is 1. The fourth-order valence-electron chi connectivity index (χ4n) is 2.47. The highest BCUT2D eigenvalue weighted by Crippen LogP contribution is 2.28. The summed E-state index contributed by atoms with van der Waals surface area (Å²) in [6.45, 7) is 4.18. The Morgan fingerprint density at radius 1 is 1.12 bits per heavy atom. The summed E-state index contributed by atoms with van der Waals surface area (Å²) < 4.78 is 27.4. The summed E-state index contributed by atoms with van der Waals surface area (Å²) in [7, 11) is -3.67. The van der Waals surface area contributed by atoms with Crippen molar-refractivity contribution < 1.29 is 18.3 Å². The molecule has 0 aromatic heterocycles. The first kappa shape index (κ1) is 20.4. The summed E-state index contributed by atoms with van der Waals surface area (Å²) >= 11 is 3.33. The minimum Gasteiger partial charge on any atom is -0.506 e. The molecule has 0 aliphatic rings. The van der Waals surface area contributed by atoms with Crippen LogP contribution < -0.4 is 5.32 Å². The quantitative estimate of drug-likeness (QED) is 0.646. The number of phenolic OH excluding ortho intramolecular Hbond substituents is 1. The van der Waals surface area contributed by atoms with Gasteiger partial charge in [-0.05, 0) is 35.9 Å². The Hall–Kier alpha value is -1.90. The predicted molar refractivity (Wildman–Crippen MR) is 105 cm³/mol. The van der Waals surface area contributed by atoms with Gasteiger partial charge in [-0.3, -0.25) is 4.79 Å². The third kappa shape index (κ3) is 4.84. The van der Waals surface area contributed by atoms with Crippen LogP contribution in [-0.4, -0.2) is 36.8 Å². The number of nitrogens with one attached hydrogen (secondary N) is 1. The van der Waals surface area contributed by atoms with Gasteiger partial charge in [-0.15, -0.1) is 0 Å². The van der Waals surface area contributed by atoms with Gasteiger partial charge in [0.2, 0.25) is 15.9 Å². The second-order valence-electron chi connectivity index (χ2n) is 5.62. The molecule has 2 aromatic carbocycles. The second-order valence-corrected chi connectivity index (χ2v) is 8.47. The minimum atomic E-state index is -3.67. The number of aromatic hydroxyl groups is 1. The van der Waals surface area contributed by atoms with Crippen LogP contribution in [0.15, 0.2) is 51.8 Å². The van der Waals surface area contributed by atoms with Gasteiger partial charge in [0.05, 0.1) is 17.0 Å². The standard InChI is InChI=1S/C18H21BrN2O4S/c1-3-21(4-2)26(24,25)15-9-10-17(22)16(12-15)20-18(23)11-13-5-7-14(19)8-6-13/h5-10,12,22H,3-4,11H2,1-2H3,(H,20,23). The highest BCUT2D eigenvalue weighted by atomic mass is 79.9. The van der Waals surface area contributed by atoms with Crippen LogP contribution in [0.1, 0.15) is 19.4 Å². The second kappa shape index (κ2) is 8.66. The Kier molecular flexibility index (Phi) is 6.80. The molecule has 0 aliphatic heterocycles. The monoisotopic (exact) mass is 440 g/mol. The van der Waals surface area contributed by atoms with E-state index in [0.29, 0.717) is 13.1 Å². The molecule has 2 aromatic rings. The molecule has 0 heterocycles. The lowest BCUT2D eigenvalue weighted by atomic mass is 10.1. The number of rotatable bonds is 7. The summed E-state index contributed by atoms with van der Waals surface area (Å²) in [5.74, 6) is -0.535. The Labute approximate surface area is 162 Å². The molecule has 8 heteroatoms. The van der Waals surface area contributed by atoms with E-state index < -0.39 is 10.0 Å². The summed E-state index contributed by atoms with van der Waals surface area (Å²) in [6.07, 6.45) is 0.111. The molecular formula is C18H21BrN2O4S. The van der Waals surface area contributed by atoms with E-state index in [1.165, 1.54) is 22.5 Å². The molecule has 26 heavy (non-hydrogen) atoms. The lowest BCUT2D eigenvalue weighted by Crippen LogP contribution is -2.30. The SMILES string of the molecule is CCN(CC)S(=O)(=O)c1ccc(O)c(NC(=O)Cc2ccc(Br)cc2)c1. The zero-order valence-corrected chi connectivity index (χ0v) is 17.0. The topological polar surface area (TPSA) is 86.7 Å². The van der Waals surface area contributed by atoms with E-state index in [0.717, 1.165) is 10.0 Å². The number of hydrogen-bond donors (Lipinski definition) is 2. The third-order valence-corrected chi connectivity index (χ3v) is 6.44. The van der Waals surface area contributed by atoms with Crippen LogP contribution in [0, 0.1) is 0 Å². The van der Waals surface area contributed by atoms with Crippen molar-refractivity contribution in [1.29, 1.82) is 0 Å². The Morgan fingerprint density at radius 2 is 1.73 bits per heavy atom. The molecule has 2 rings (SSSR count). The normalized spacial score (nSPS) is 11.5. The van der Waals surface area contributed by atoms with Crippen LogP contribution in [0.25, 0.3) is 0 Å². The first-order valence-electron chi connectivity index (χ1n) is 8.15. The minimum absolute atomic E-state index is 0.0259. The van der Waals surface area contributed by atoms with Crippen molar-refractivity contribution in [1.82, 2.24) is 4.31 Å². The number of benzene rings is 2. The van der Waals surface area contributed by atoms with E-state index in [4.69, 9.17) is 0 Å². The van der Waals surface area contributed by atoms with Crippen LogP contribution >= 0.6 is 15.9 Å². The first-order chi connectivity index (χ1) is 12.3. The lowest BCUT2D eigenvalue weighted by molar-refractivity contribution is -0.115. The van der Waals surface area contributed by atoms with Crippen LogP contribution in [0.4, 0.5) is 5.69 Å². The smallest absolute Gasteiger partial charge is 0.243 e. The number of carbonyl (C=O) groups excluding carboxylic acids is 1. The number of anilines is 1. The summed E-state index contributed by atoms with van der Waals surface area (Å²) in [6, 6.07) is 11.2. The van der Waals surface area contributed by atoms with Crippen molar-refractivity contribution in [3.8, 4) is 5.75 Å². The molecule has 140 valence electrons. The van der Waals surface area contributed by atoms with Gasteiger partial charge in [0.15, 0.2) is 0 Å². The number of phenols is 1. The van der Waals surface area contributed by atoms with E-state index in [1.807, 2.05) is 24.3 Å². The van der Waals surface area contributed by atoms with Crippen molar-refractivity contribution in [3.63, 3.8) is 0 Å². The molecule has 6 nitrogen and oxygen atoms in total. The molecule has 0 radical (unpaired) electrons. The third-order valence-electron chi connectivity index (χ3n) is 3.86. The predicted octanol–water partition coefficient (Wildman–Crippen LogP) is 3.37. The molecule has 0 saturated heterocycles. The van der Waals surface area contributed by atoms with Gasteiger partial charge in [0.25, 0.3) is 0 Å².